The van der Waals surface area contributed by atoms with E-state index in [1.807, 2.05) is 18.2 Å². The lowest BCUT2D eigenvalue weighted by Gasteiger charge is -2.21. The second-order valence-corrected chi connectivity index (χ2v) is 4.48. The lowest BCUT2D eigenvalue weighted by molar-refractivity contribution is 0.312. The summed E-state index contributed by atoms with van der Waals surface area (Å²) < 4.78 is 10.5. The minimum Gasteiger partial charge on any atom is -0.493 e. The smallest absolute Gasteiger partial charge is 0.161 e. The highest BCUT2D eigenvalue weighted by Gasteiger charge is 2.12. The summed E-state index contributed by atoms with van der Waals surface area (Å²) in [6.07, 6.45) is 1.13. The molecular formula is C14H24N2O2. The van der Waals surface area contributed by atoms with Crippen molar-refractivity contribution in [2.75, 3.05) is 34.4 Å². The van der Waals surface area contributed by atoms with Crippen molar-refractivity contribution in [3.05, 3.63) is 23.8 Å². The molecule has 0 aliphatic heterocycles. The highest BCUT2D eigenvalue weighted by atomic mass is 16.5. The molecule has 0 saturated heterocycles. The van der Waals surface area contributed by atoms with E-state index in [0.29, 0.717) is 0 Å². The maximum absolute atomic E-state index is 6.20. The summed E-state index contributed by atoms with van der Waals surface area (Å²) in [5.74, 6) is 1.46. The van der Waals surface area contributed by atoms with Gasteiger partial charge in [0.2, 0.25) is 0 Å². The summed E-state index contributed by atoms with van der Waals surface area (Å²) in [7, 11) is 5.35. The largest absolute Gasteiger partial charge is 0.493 e. The Morgan fingerprint density at radius 2 is 1.89 bits per heavy atom. The number of nitrogens with two attached hydrogens (primary N) is 1. The molecule has 0 fully saturated rings. The first-order chi connectivity index (χ1) is 8.62. The van der Waals surface area contributed by atoms with Gasteiger partial charge in [0.25, 0.3) is 0 Å². The fourth-order valence-electron chi connectivity index (χ4n) is 2.00. The quantitative estimate of drug-likeness (QED) is 0.807. The number of methoxy groups -OCH3 is 2. The molecule has 18 heavy (non-hydrogen) atoms. The van der Waals surface area contributed by atoms with E-state index in [1.54, 1.807) is 14.2 Å². The van der Waals surface area contributed by atoms with E-state index in [9.17, 15) is 0 Å². The minimum absolute atomic E-state index is 0.0126. The van der Waals surface area contributed by atoms with E-state index in [1.165, 1.54) is 0 Å². The molecule has 0 spiro atoms. The summed E-state index contributed by atoms with van der Waals surface area (Å²) in [5, 5.41) is 0. The van der Waals surface area contributed by atoms with Crippen LogP contribution in [0.3, 0.4) is 0 Å². The van der Waals surface area contributed by atoms with Crippen LogP contribution >= 0.6 is 0 Å². The third kappa shape index (κ3) is 3.89. The van der Waals surface area contributed by atoms with Crippen molar-refractivity contribution >= 4 is 0 Å². The Kier molecular flexibility index (Phi) is 5.95. The number of ether oxygens (including phenoxy) is 2. The van der Waals surface area contributed by atoms with E-state index < -0.39 is 0 Å². The molecule has 0 aromatic heterocycles. The highest BCUT2D eigenvalue weighted by Crippen LogP contribution is 2.29. The van der Waals surface area contributed by atoms with Crippen LogP contribution in [0.2, 0.25) is 0 Å². The first kappa shape index (κ1) is 14.8. The molecule has 2 N–H and O–H groups in total. The third-order valence-corrected chi connectivity index (χ3v) is 2.95. The van der Waals surface area contributed by atoms with Gasteiger partial charge in [0.1, 0.15) is 0 Å². The number of rotatable bonds is 7. The molecular weight excluding hydrogens is 228 g/mol. The van der Waals surface area contributed by atoms with Gasteiger partial charge in [-0.2, -0.15) is 0 Å². The van der Waals surface area contributed by atoms with Gasteiger partial charge in [-0.1, -0.05) is 13.0 Å². The molecule has 1 unspecified atom stereocenters. The molecule has 0 saturated carbocycles. The molecule has 4 heteroatoms. The van der Waals surface area contributed by atoms with Crippen molar-refractivity contribution in [1.29, 1.82) is 0 Å². The zero-order valence-electron chi connectivity index (χ0n) is 11.8. The zero-order valence-corrected chi connectivity index (χ0v) is 11.8. The highest BCUT2D eigenvalue weighted by molar-refractivity contribution is 5.43. The van der Waals surface area contributed by atoms with Crippen LogP contribution in [0.4, 0.5) is 0 Å². The Balaban J connectivity index is 2.76. The average Bonchev–Trinajstić information content (AvgIpc) is 2.38. The Hall–Kier alpha value is -1.26. The van der Waals surface area contributed by atoms with Crippen molar-refractivity contribution in [3.8, 4) is 11.5 Å². The van der Waals surface area contributed by atoms with Gasteiger partial charge in [0.05, 0.1) is 14.2 Å². The zero-order chi connectivity index (χ0) is 13.5. The molecule has 1 atom stereocenters. The van der Waals surface area contributed by atoms with Crippen LogP contribution in [0, 0.1) is 0 Å². The molecule has 0 bridgehead atoms. The normalized spacial score (nSPS) is 12.6. The minimum atomic E-state index is -0.0126. The first-order valence-electron chi connectivity index (χ1n) is 6.28. The van der Waals surface area contributed by atoms with Crippen molar-refractivity contribution in [1.82, 2.24) is 4.90 Å². The van der Waals surface area contributed by atoms with Gasteiger partial charge in [0.15, 0.2) is 11.5 Å². The van der Waals surface area contributed by atoms with Crippen LogP contribution in [-0.2, 0) is 0 Å². The van der Waals surface area contributed by atoms with E-state index in [2.05, 4.69) is 18.9 Å². The van der Waals surface area contributed by atoms with Crippen LogP contribution in [0.1, 0.15) is 24.9 Å². The van der Waals surface area contributed by atoms with E-state index >= 15 is 0 Å². The van der Waals surface area contributed by atoms with Crippen molar-refractivity contribution in [2.24, 2.45) is 5.73 Å². The van der Waals surface area contributed by atoms with E-state index in [4.69, 9.17) is 15.2 Å². The molecule has 0 radical (unpaired) electrons. The SMILES string of the molecule is CCCN(C)CC(N)c1ccc(OC)c(OC)c1. The van der Waals surface area contributed by atoms with E-state index in [0.717, 1.165) is 36.6 Å². The Labute approximate surface area is 110 Å². The molecule has 102 valence electrons. The monoisotopic (exact) mass is 252 g/mol. The predicted octanol–water partition coefficient (Wildman–Crippen LogP) is 2.05. The maximum atomic E-state index is 6.20. The molecule has 1 aromatic carbocycles. The maximum Gasteiger partial charge on any atom is 0.161 e. The van der Waals surface area contributed by atoms with Crippen LogP contribution in [-0.4, -0.2) is 39.3 Å². The lowest BCUT2D eigenvalue weighted by Crippen LogP contribution is -2.29. The van der Waals surface area contributed by atoms with Crippen molar-refractivity contribution in [2.45, 2.75) is 19.4 Å². The topological polar surface area (TPSA) is 47.7 Å². The molecule has 1 rings (SSSR count). The van der Waals surface area contributed by atoms with Crippen molar-refractivity contribution < 1.29 is 9.47 Å². The predicted molar refractivity (Wildman–Crippen MR) is 74.3 cm³/mol. The van der Waals surface area contributed by atoms with Gasteiger partial charge in [-0.25, -0.2) is 0 Å². The number of nitrogens with zero attached hydrogens (tertiary/aromatic N) is 1. The second kappa shape index (κ2) is 7.24. The number of benzene rings is 1. The van der Waals surface area contributed by atoms with E-state index in [-0.39, 0.29) is 6.04 Å². The second-order valence-electron chi connectivity index (χ2n) is 4.48. The summed E-state index contributed by atoms with van der Waals surface area (Å²) in [4.78, 5) is 2.24. The molecule has 0 aliphatic carbocycles. The number of likely N-dealkylation sites (N-methyl/N-ethyl adjacent to an activating group) is 1. The van der Waals surface area contributed by atoms with Gasteiger partial charge < -0.3 is 20.1 Å². The van der Waals surface area contributed by atoms with Gasteiger partial charge in [-0.05, 0) is 37.7 Å². The van der Waals surface area contributed by atoms with Gasteiger partial charge in [-0.15, -0.1) is 0 Å². The average molecular weight is 252 g/mol. The lowest BCUT2D eigenvalue weighted by atomic mass is 10.1. The standard InChI is InChI=1S/C14H24N2O2/c1-5-8-16(2)10-12(15)11-6-7-13(17-3)14(9-11)18-4/h6-7,9,12H,5,8,10,15H2,1-4H3. The van der Waals surface area contributed by atoms with Gasteiger partial charge in [0, 0.05) is 12.6 Å². The van der Waals surface area contributed by atoms with Gasteiger partial charge >= 0.3 is 0 Å². The summed E-state index contributed by atoms with van der Waals surface area (Å²) >= 11 is 0. The van der Waals surface area contributed by atoms with Crippen LogP contribution in [0.15, 0.2) is 18.2 Å². The molecule has 0 amide bonds. The third-order valence-electron chi connectivity index (χ3n) is 2.95. The van der Waals surface area contributed by atoms with Crippen LogP contribution in [0.25, 0.3) is 0 Å². The van der Waals surface area contributed by atoms with Crippen LogP contribution < -0.4 is 15.2 Å². The van der Waals surface area contributed by atoms with Gasteiger partial charge in [-0.3, -0.25) is 0 Å². The molecule has 0 aliphatic rings. The Bertz CT molecular complexity index is 369. The Morgan fingerprint density at radius 1 is 1.22 bits per heavy atom. The Morgan fingerprint density at radius 3 is 2.44 bits per heavy atom. The summed E-state index contributed by atoms with van der Waals surface area (Å²) in [5.41, 5.74) is 7.27. The molecule has 1 aromatic rings. The number of hydrogen-bond donors (Lipinski definition) is 1. The number of hydrogen-bond acceptors (Lipinski definition) is 4. The molecule has 0 heterocycles. The fourth-order valence-corrected chi connectivity index (χ4v) is 2.00. The summed E-state index contributed by atoms with van der Waals surface area (Å²) in [6.45, 7) is 4.06. The van der Waals surface area contributed by atoms with Crippen molar-refractivity contribution in [3.63, 3.8) is 0 Å². The first-order valence-corrected chi connectivity index (χ1v) is 6.28. The molecule has 4 nitrogen and oxygen atoms in total. The van der Waals surface area contributed by atoms with Crippen LogP contribution in [0.5, 0.6) is 11.5 Å². The summed E-state index contributed by atoms with van der Waals surface area (Å²) in [6, 6.07) is 5.82. The fraction of sp³-hybridized carbons (Fsp3) is 0.571.